The van der Waals surface area contributed by atoms with Crippen molar-refractivity contribution in [1.29, 1.82) is 0 Å². The molecular formula is C19H29N3O3. The molecule has 0 bridgehead atoms. The number of anilines is 1. The second kappa shape index (κ2) is 7.87. The zero-order chi connectivity index (χ0) is 17.1. The van der Waals surface area contributed by atoms with Crippen molar-refractivity contribution in [1.82, 2.24) is 9.97 Å². The molecule has 1 N–H and O–H groups in total. The predicted octanol–water partition coefficient (Wildman–Crippen LogP) is 2.41. The molecule has 1 saturated carbocycles. The monoisotopic (exact) mass is 347 g/mol. The Bertz CT molecular complexity index is 565. The zero-order valence-corrected chi connectivity index (χ0v) is 14.8. The fraction of sp³-hybridized carbons (Fsp3) is 0.789. The molecule has 0 aromatic carbocycles. The first-order valence-electron chi connectivity index (χ1n) is 9.78. The third kappa shape index (κ3) is 3.90. The number of rotatable bonds is 5. The fourth-order valence-corrected chi connectivity index (χ4v) is 4.56. The summed E-state index contributed by atoms with van der Waals surface area (Å²) in [6.07, 6.45) is 11.3. The van der Waals surface area contributed by atoms with E-state index in [9.17, 15) is 5.11 Å². The van der Waals surface area contributed by atoms with E-state index in [0.29, 0.717) is 25.0 Å². The van der Waals surface area contributed by atoms with Gasteiger partial charge >= 0.3 is 0 Å². The van der Waals surface area contributed by atoms with E-state index < -0.39 is 0 Å². The molecule has 0 amide bonds. The highest BCUT2D eigenvalue weighted by atomic mass is 16.5. The molecule has 1 aromatic rings. The maximum atomic E-state index is 10.4. The van der Waals surface area contributed by atoms with Gasteiger partial charge in [-0.1, -0.05) is 12.8 Å². The Kier molecular flexibility index (Phi) is 5.36. The van der Waals surface area contributed by atoms with Crippen LogP contribution in [0.15, 0.2) is 12.4 Å². The van der Waals surface area contributed by atoms with Crippen LogP contribution in [-0.4, -0.2) is 53.6 Å². The van der Waals surface area contributed by atoms with Gasteiger partial charge in [-0.3, -0.25) is 4.98 Å². The standard InChI is InChI=1S/C19H29N3O3/c23-17-7-9-24-13-15(17)16-6-3-8-22(16)18-10-20-11-19(21-18)25-12-14-4-1-2-5-14/h10-11,14-17,23H,1-9,12-13H2/t15-,16-,17+/m0/s1. The first kappa shape index (κ1) is 17.0. The van der Waals surface area contributed by atoms with Gasteiger partial charge in [0.15, 0.2) is 5.82 Å². The SMILES string of the molecule is O[C@@H]1CCOC[C@H]1[C@@H]1CCCN1c1cncc(OCC2CCCC2)n1. The fourth-order valence-electron chi connectivity index (χ4n) is 4.56. The van der Waals surface area contributed by atoms with Crippen LogP contribution in [0.25, 0.3) is 0 Å². The van der Waals surface area contributed by atoms with Crippen LogP contribution in [0.2, 0.25) is 0 Å². The van der Waals surface area contributed by atoms with Gasteiger partial charge in [-0.2, -0.15) is 4.98 Å². The average Bonchev–Trinajstić information content (AvgIpc) is 3.32. The van der Waals surface area contributed by atoms with Crippen molar-refractivity contribution >= 4 is 5.82 Å². The van der Waals surface area contributed by atoms with Crippen molar-refractivity contribution in [3.63, 3.8) is 0 Å². The van der Waals surface area contributed by atoms with E-state index in [1.807, 2.05) is 6.20 Å². The van der Waals surface area contributed by atoms with E-state index in [1.165, 1.54) is 25.7 Å². The van der Waals surface area contributed by atoms with E-state index in [0.717, 1.165) is 38.2 Å². The van der Waals surface area contributed by atoms with Crippen LogP contribution in [0, 0.1) is 11.8 Å². The molecule has 3 fully saturated rings. The summed E-state index contributed by atoms with van der Waals surface area (Å²) >= 11 is 0. The van der Waals surface area contributed by atoms with Gasteiger partial charge in [0.1, 0.15) is 0 Å². The summed E-state index contributed by atoms with van der Waals surface area (Å²) in [6.45, 7) is 2.99. The van der Waals surface area contributed by atoms with Gasteiger partial charge in [-0.15, -0.1) is 0 Å². The lowest BCUT2D eigenvalue weighted by Crippen LogP contribution is -2.46. The molecule has 6 heteroatoms. The number of ether oxygens (including phenoxy) is 2. The minimum atomic E-state index is -0.283. The molecule has 1 aliphatic carbocycles. The number of aromatic nitrogens is 2. The Labute approximate surface area is 149 Å². The van der Waals surface area contributed by atoms with E-state index >= 15 is 0 Å². The van der Waals surface area contributed by atoms with Gasteiger partial charge in [0.25, 0.3) is 0 Å². The van der Waals surface area contributed by atoms with Gasteiger partial charge < -0.3 is 19.5 Å². The molecule has 138 valence electrons. The van der Waals surface area contributed by atoms with Crippen LogP contribution >= 0.6 is 0 Å². The summed E-state index contributed by atoms with van der Waals surface area (Å²) in [4.78, 5) is 11.3. The Balaban J connectivity index is 1.43. The molecule has 25 heavy (non-hydrogen) atoms. The van der Waals surface area contributed by atoms with Crippen molar-refractivity contribution < 1.29 is 14.6 Å². The lowest BCUT2D eigenvalue weighted by Gasteiger charge is -2.37. The Morgan fingerprint density at radius 1 is 1.16 bits per heavy atom. The largest absolute Gasteiger partial charge is 0.476 e. The minimum absolute atomic E-state index is 0.154. The average molecular weight is 347 g/mol. The smallest absolute Gasteiger partial charge is 0.234 e. The van der Waals surface area contributed by atoms with E-state index in [2.05, 4.69) is 9.88 Å². The molecule has 0 spiro atoms. The molecule has 2 aliphatic heterocycles. The number of aliphatic hydroxyl groups is 1. The molecule has 0 radical (unpaired) electrons. The molecule has 0 unspecified atom stereocenters. The van der Waals surface area contributed by atoms with Crippen molar-refractivity contribution in [3.05, 3.63) is 12.4 Å². The van der Waals surface area contributed by atoms with E-state index in [-0.39, 0.29) is 18.1 Å². The van der Waals surface area contributed by atoms with Crippen molar-refractivity contribution in [2.24, 2.45) is 11.8 Å². The minimum Gasteiger partial charge on any atom is -0.476 e. The molecular weight excluding hydrogens is 318 g/mol. The van der Waals surface area contributed by atoms with Crippen LogP contribution in [-0.2, 0) is 4.74 Å². The van der Waals surface area contributed by atoms with Crippen molar-refractivity contribution in [3.8, 4) is 5.88 Å². The topological polar surface area (TPSA) is 67.7 Å². The second-order valence-electron chi connectivity index (χ2n) is 7.67. The van der Waals surface area contributed by atoms with Gasteiger partial charge in [-0.05, 0) is 38.0 Å². The van der Waals surface area contributed by atoms with Crippen LogP contribution in [0.4, 0.5) is 5.82 Å². The first-order valence-corrected chi connectivity index (χ1v) is 9.78. The van der Waals surface area contributed by atoms with Gasteiger partial charge in [0.2, 0.25) is 5.88 Å². The quantitative estimate of drug-likeness (QED) is 0.882. The molecule has 3 heterocycles. The number of nitrogens with zero attached hydrogens (tertiary/aromatic N) is 3. The summed E-state index contributed by atoms with van der Waals surface area (Å²) in [7, 11) is 0. The molecule has 1 aromatic heterocycles. The number of hydrogen-bond donors (Lipinski definition) is 1. The summed E-state index contributed by atoms with van der Waals surface area (Å²) < 4.78 is 11.5. The highest BCUT2D eigenvalue weighted by molar-refractivity contribution is 5.41. The number of aliphatic hydroxyl groups excluding tert-OH is 1. The zero-order valence-electron chi connectivity index (χ0n) is 14.8. The lowest BCUT2D eigenvalue weighted by molar-refractivity contribution is -0.0438. The first-order chi connectivity index (χ1) is 12.3. The highest BCUT2D eigenvalue weighted by Crippen LogP contribution is 2.33. The summed E-state index contributed by atoms with van der Waals surface area (Å²) in [5.41, 5.74) is 0. The second-order valence-corrected chi connectivity index (χ2v) is 7.67. The molecule has 3 aliphatic rings. The third-order valence-corrected chi connectivity index (χ3v) is 5.99. The molecule has 6 nitrogen and oxygen atoms in total. The molecule has 4 rings (SSSR count). The Hall–Kier alpha value is -1.40. The van der Waals surface area contributed by atoms with Crippen molar-refractivity contribution in [2.45, 2.75) is 57.1 Å². The maximum absolute atomic E-state index is 10.4. The summed E-state index contributed by atoms with van der Waals surface area (Å²) in [5, 5.41) is 10.4. The highest BCUT2D eigenvalue weighted by Gasteiger charge is 2.38. The molecule has 2 saturated heterocycles. The third-order valence-electron chi connectivity index (χ3n) is 5.99. The van der Waals surface area contributed by atoms with Gasteiger partial charge in [0, 0.05) is 25.1 Å². The van der Waals surface area contributed by atoms with Crippen LogP contribution in [0.3, 0.4) is 0 Å². The van der Waals surface area contributed by atoms with Gasteiger partial charge in [-0.25, -0.2) is 0 Å². The Morgan fingerprint density at radius 2 is 2.04 bits per heavy atom. The lowest BCUT2D eigenvalue weighted by atomic mass is 9.89. The maximum Gasteiger partial charge on any atom is 0.234 e. The normalized spacial score (nSPS) is 30.8. The summed E-state index contributed by atoms with van der Waals surface area (Å²) in [5.74, 6) is 2.31. The van der Waals surface area contributed by atoms with Crippen LogP contribution < -0.4 is 9.64 Å². The van der Waals surface area contributed by atoms with Crippen molar-refractivity contribution in [2.75, 3.05) is 31.3 Å². The number of hydrogen-bond acceptors (Lipinski definition) is 6. The van der Waals surface area contributed by atoms with Crippen LogP contribution in [0.1, 0.15) is 44.9 Å². The summed E-state index contributed by atoms with van der Waals surface area (Å²) in [6, 6.07) is 0.273. The predicted molar refractivity (Wildman–Crippen MR) is 94.8 cm³/mol. The van der Waals surface area contributed by atoms with E-state index in [1.54, 1.807) is 6.20 Å². The van der Waals surface area contributed by atoms with E-state index in [4.69, 9.17) is 14.5 Å². The Morgan fingerprint density at radius 3 is 2.88 bits per heavy atom. The van der Waals surface area contributed by atoms with Crippen LogP contribution in [0.5, 0.6) is 5.88 Å². The van der Waals surface area contributed by atoms with Gasteiger partial charge in [0.05, 0.1) is 31.7 Å². The molecule has 3 atom stereocenters.